The summed E-state index contributed by atoms with van der Waals surface area (Å²) >= 11 is 6.32. The Kier molecular flexibility index (Phi) is 9.14. The van der Waals surface area contributed by atoms with Gasteiger partial charge in [-0.1, -0.05) is 13.8 Å². The normalized spacial score (nSPS) is 21.5. The van der Waals surface area contributed by atoms with E-state index >= 15 is 0 Å². The predicted octanol–water partition coefficient (Wildman–Crippen LogP) is 6.42. The standard InChI is InChI=1S/C27H40ClN5O8/c1-12-15-14(2)17(38-24(36)41-27(9,10)11)20(37-15)32-13-29-16-18(32)30-21(28)31-19(16)33(22(34)39-25(3,4)5)23(35)40-26(6,7)8/h13-15,17,20H,12H2,1-11H3/t14-,15-,17-,20-/m1/s1. The fourth-order valence-electron chi connectivity index (χ4n) is 4.17. The minimum atomic E-state index is -1.04. The zero-order valence-corrected chi connectivity index (χ0v) is 26.2. The number of imidazole rings is 1. The number of amides is 2. The molecule has 0 aliphatic carbocycles. The lowest BCUT2D eigenvalue weighted by molar-refractivity contribution is -0.0716. The van der Waals surface area contributed by atoms with E-state index in [9.17, 15) is 14.4 Å². The van der Waals surface area contributed by atoms with Gasteiger partial charge in [0.1, 0.15) is 16.8 Å². The average molecular weight is 598 g/mol. The molecule has 0 N–H and O–H groups in total. The lowest BCUT2D eigenvalue weighted by atomic mass is 9.98. The molecule has 0 spiro atoms. The Balaban J connectivity index is 2.12. The third-order valence-electron chi connectivity index (χ3n) is 5.74. The van der Waals surface area contributed by atoms with Crippen LogP contribution >= 0.6 is 11.6 Å². The van der Waals surface area contributed by atoms with E-state index < -0.39 is 47.5 Å². The van der Waals surface area contributed by atoms with Crippen LogP contribution in [-0.2, 0) is 23.7 Å². The van der Waals surface area contributed by atoms with E-state index in [4.69, 9.17) is 35.3 Å². The number of nitrogens with zero attached hydrogens (tertiary/aromatic N) is 5. The fourth-order valence-corrected chi connectivity index (χ4v) is 4.33. The number of imide groups is 1. The van der Waals surface area contributed by atoms with Crippen LogP contribution in [0.1, 0.15) is 88.8 Å². The third kappa shape index (κ3) is 7.97. The number of carbonyl (C=O) groups excluding carboxylic acids is 3. The van der Waals surface area contributed by atoms with Gasteiger partial charge >= 0.3 is 18.3 Å². The van der Waals surface area contributed by atoms with E-state index in [-0.39, 0.29) is 34.3 Å². The third-order valence-corrected chi connectivity index (χ3v) is 5.91. The maximum Gasteiger partial charge on any atom is 0.509 e. The molecule has 1 aliphatic heterocycles. The van der Waals surface area contributed by atoms with Crippen LogP contribution in [0.15, 0.2) is 6.33 Å². The Hall–Kier alpha value is -3.19. The molecular weight excluding hydrogens is 558 g/mol. The van der Waals surface area contributed by atoms with Crippen molar-refractivity contribution in [2.24, 2.45) is 5.92 Å². The molecule has 0 saturated carbocycles. The summed E-state index contributed by atoms with van der Waals surface area (Å²) in [6.07, 6.45) is -2.81. The van der Waals surface area contributed by atoms with E-state index in [1.54, 1.807) is 62.3 Å². The zero-order chi connectivity index (χ0) is 31.1. The van der Waals surface area contributed by atoms with Gasteiger partial charge in [0.25, 0.3) is 0 Å². The van der Waals surface area contributed by atoms with Crippen molar-refractivity contribution >= 4 is 46.9 Å². The summed E-state index contributed by atoms with van der Waals surface area (Å²) in [5, 5.41) is -0.283. The SMILES string of the molecule is CC[C@H]1O[C@@H](n2cnc3c(N(C(=O)OC(C)(C)C)C(=O)OC(C)(C)C)nc(Cl)nc32)[C@H](OC(=O)OC(C)(C)C)[C@@H]1C. The summed E-state index contributed by atoms with van der Waals surface area (Å²) in [5.41, 5.74) is -2.48. The Morgan fingerprint density at radius 1 is 0.951 bits per heavy atom. The first-order chi connectivity index (χ1) is 18.7. The number of hydrogen-bond donors (Lipinski definition) is 0. The highest BCUT2D eigenvalue weighted by Gasteiger charge is 2.46. The molecule has 228 valence electrons. The van der Waals surface area contributed by atoms with Crippen molar-refractivity contribution in [2.75, 3.05) is 4.90 Å². The van der Waals surface area contributed by atoms with Crippen LogP contribution in [0.5, 0.6) is 0 Å². The lowest BCUT2D eigenvalue weighted by Crippen LogP contribution is -2.44. The fraction of sp³-hybridized carbons (Fsp3) is 0.704. The first-order valence-electron chi connectivity index (χ1n) is 13.4. The number of halogens is 1. The molecule has 1 saturated heterocycles. The molecule has 0 radical (unpaired) electrons. The number of fused-ring (bicyclic) bond motifs is 1. The minimum absolute atomic E-state index is 0.0401. The topological polar surface area (TPSA) is 144 Å². The largest absolute Gasteiger partial charge is 0.509 e. The van der Waals surface area contributed by atoms with Crippen LogP contribution in [0, 0.1) is 5.92 Å². The van der Waals surface area contributed by atoms with Crippen molar-refractivity contribution in [3.63, 3.8) is 0 Å². The number of anilines is 1. The molecular formula is C27H40ClN5O8. The van der Waals surface area contributed by atoms with E-state index in [0.717, 1.165) is 0 Å². The second-order valence-corrected chi connectivity index (χ2v) is 13.2. The molecule has 2 amide bonds. The van der Waals surface area contributed by atoms with Crippen molar-refractivity contribution in [1.29, 1.82) is 0 Å². The highest BCUT2D eigenvalue weighted by molar-refractivity contribution is 6.29. The van der Waals surface area contributed by atoms with Gasteiger partial charge in [0.05, 0.1) is 12.4 Å². The van der Waals surface area contributed by atoms with Crippen molar-refractivity contribution in [3.8, 4) is 0 Å². The number of ether oxygens (including phenoxy) is 5. The second kappa shape index (κ2) is 11.6. The van der Waals surface area contributed by atoms with Gasteiger partial charge in [0.2, 0.25) is 5.28 Å². The number of carbonyl (C=O) groups is 3. The Morgan fingerprint density at radius 2 is 1.49 bits per heavy atom. The Bertz CT molecular complexity index is 1270. The van der Waals surface area contributed by atoms with Gasteiger partial charge in [-0.15, -0.1) is 0 Å². The van der Waals surface area contributed by atoms with Crippen LogP contribution in [0.3, 0.4) is 0 Å². The van der Waals surface area contributed by atoms with Crippen LogP contribution in [-0.4, -0.2) is 66.9 Å². The van der Waals surface area contributed by atoms with Gasteiger partial charge in [-0.3, -0.25) is 4.57 Å². The molecule has 0 bridgehead atoms. The predicted molar refractivity (Wildman–Crippen MR) is 150 cm³/mol. The first kappa shape index (κ1) is 32.3. The summed E-state index contributed by atoms with van der Waals surface area (Å²) < 4.78 is 29.9. The first-order valence-corrected chi connectivity index (χ1v) is 13.8. The monoisotopic (exact) mass is 597 g/mol. The highest BCUT2D eigenvalue weighted by atomic mass is 35.5. The molecule has 0 unspecified atom stereocenters. The Morgan fingerprint density at radius 3 is 1.98 bits per heavy atom. The molecule has 2 aromatic rings. The van der Waals surface area contributed by atoms with Crippen molar-refractivity contribution in [2.45, 2.75) is 118 Å². The molecule has 1 aliphatic rings. The average Bonchev–Trinajstić information content (AvgIpc) is 3.31. The van der Waals surface area contributed by atoms with E-state index in [1.807, 2.05) is 13.8 Å². The van der Waals surface area contributed by atoms with Gasteiger partial charge in [-0.2, -0.15) is 14.9 Å². The van der Waals surface area contributed by atoms with Gasteiger partial charge in [-0.25, -0.2) is 19.4 Å². The highest BCUT2D eigenvalue weighted by Crippen LogP contribution is 2.40. The quantitative estimate of drug-likeness (QED) is 0.218. The second-order valence-electron chi connectivity index (χ2n) is 12.8. The zero-order valence-electron chi connectivity index (χ0n) is 25.5. The minimum Gasteiger partial charge on any atom is -0.443 e. The summed E-state index contributed by atoms with van der Waals surface area (Å²) in [4.78, 5) is 52.7. The molecule has 3 heterocycles. The van der Waals surface area contributed by atoms with Crippen LogP contribution in [0.4, 0.5) is 20.2 Å². The van der Waals surface area contributed by atoms with Gasteiger partial charge < -0.3 is 23.7 Å². The van der Waals surface area contributed by atoms with Crippen molar-refractivity contribution in [3.05, 3.63) is 11.6 Å². The summed E-state index contributed by atoms with van der Waals surface area (Å²) in [5.74, 6) is -0.461. The smallest absolute Gasteiger partial charge is 0.443 e. The van der Waals surface area contributed by atoms with Gasteiger partial charge in [0, 0.05) is 5.92 Å². The molecule has 41 heavy (non-hydrogen) atoms. The molecule has 0 aromatic carbocycles. The van der Waals surface area contributed by atoms with Gasteiger partial charge in [-0.05, 0) is 80.3 Å². The molecule has 4 atom stereocenters. The van der Waals surface area contributed by atoms with Crippen LogP contribution in [0.25, 0.3) is 11.2 Å². The maximum atomic E-state index is 13.3. The molecule has 2 aromatic heterocycles. The van der Waals surface area contributed by atoms with E-state index in [2.05, 4.69) is 15.0 Å². The summed E-state index contributed by atoms with van der Waals surface area (Å²) in [6, 6.07) is 0. The number of hydrogen-bond acceptors (Lipinski definition) is 11. The van der Waals surface area contributed by atoms with Crippen molar-refractivity contribution in [1.82, 2.24) is 19.5 Å². The molecule has 13 nitrogen and oxygen atoms in total. The van der Waals surface area contributed by atoms with E-state index in [1.165, 1.54) is 10.9 Å². The lowest BCUT2D eigenvalue weighted by Gasteiger charge is -2.28. The van der Waals surface area contributed by atoms with Crippen LogP contribution < -0.4 is 4.90 Å². The summed E-state index contributed by atoms with van der Waals surface area (Å²) in [7, 11) is 0. The number of rotatable bonds is 4. The molecule has 3 rings (SSSR count). The number of aromatic nitrogens is 4. The van der Waals surface area contributed by atoms with E-state index in [0.29, 0.717) is 11.3 Å². The van der Waals surface area contributed by atoms with Gasteiger partial charge in [0.15, 0.2) is 29.3 Å². The maximum absolute atomic E-state index is 13.3. The molecule has 14 heteroatoms. The Labute approximate surface area is 244 Å². The van der Waals surface area contributed by atoms with Crippen LogP contribution in [0.2, 0.25) is 5.28 Å². The molecule has 1 fully saturated rings. The van der Waals surface area contributed by atoms with Crippen molar-refractivity contribution < 1.29 is 38.1 Å². The summed E-state index contributed by atoms with van der Waals surface area (Å²) in [6.45, 7) is 19.0.